The van der Waals surface area contributed by atoms with Crippen LogP contribution in [0.1, 0.15) is 55.5 Å². The Balaban J connectivity index is 1.20. The van der Waals surface area contributed by atoms with Gasteiger partial charge in [-0.3, -0.25) is 9.99 Å². The van der Waals surface area contributed by atoms with Gasteiger partial charge in [-0.05, 0) is 52.8 Å². The third-order valence-electron chi connectivity index (χ3n) is 6.90. The van der Waals surface area contributed by atoms with Crippen molar-refractivity contribution >= 4 is 41.0 Å². The first kappa shape index (κ1) is 29.8. The van der Waals surface area contributed by atoms with Crippen LogP contribution in [-0.4, -0.2) is 82.3 Å². The summed E-state index contributed by atoms with van der Waals surface area (Å²) >= 11 is 0. The van der Waals surface area contributed by atoms with Crippen molar-refractivity contribution in [2.24, 2.45) is 0 Å². The van der Waals surface area contributed by atoms with E-state index in [0.29, 0.717) is 55.8 Å². The fourth-order valence-electron chi connectivity index (χ4n) is 4.73. The van der Waals surface area contributed by atoms with Gasteiger partial charge in [-0.1, -0.05) is 0 Å². The molecule has 0 radical (unpaired) electrons. The second-order valence-corrected chi connectivity index (χ2v) is 11.3. The third-order valence-corrected chi connectivity index (χ3v) is 6.90. The van der Waals surface area contributed by atoms with Crippen molar-refractivity contribution in [3.8, 4) is 0 Å². The van der Waals surface area contributed by atoms with Crippen LogP contribution in [0.3, 0.4) is 0 Å². The molecule has 0 bridgehead atoms. The summed E-state index contributed by atoms with van der Waals surface area (Å²) in [5, 5.41) is 8.43. The van der Waals surface area contributed by atoms with Crippen molar-refractivity contribution in [1.29, 1.82) is 0 Å². The molecule has 3 N–H and O–H groups in total. The Hall–Kier alpha value is -4.72. The number of aryl methyl sites for hydroxylation is 1. The van der Waals surface area contributed by atoms with Gasteiger partial charge >= 0.3 is 12.1 Å². The van der Waals surface area contributed by atoms with Crippen molar-refractivity contribution in [3.63, 3.8) is 0 Å². The summed E-state index contributed by atoms with van der Waals surface area (Å²) in [6.45, 7) is 12.0. The fourth-order valence-corrected chi connectivity index (χ4v) is 4.73. The lowest BCUT2D eigenvalue weighted by atomic mass is 10.2. The predicted octanol–water partition coefficient (Wildman–Crippen LogP) is 3.62. The zero-order valence-corrected chi connectivity index (χ0v) is 25.3. The highest BCUT2D eigenvalue weighted by atomic mass is 16.6. The Labute approximate surface area is 250 Å². The van der Waals surface area contributed by atoms with Gasteiger partial charge in [0, 0.05) is 45.6 Å². The number of rotatable bonds is 7. The summed E-state index contributed by atoms with van der Waals surface area (Å²) in [7, 11) is 1.87. The normalized spacial score (nSPS) is 16.5. The molecule has 1 unspecified atom stereocenters. The second-order valence-electron chi connectivity index (χ2n) is 11.3. The van der Waals surface area contributed by atoms with Gasteiger partial charge in [0.1, 0.15) is 17.6 Å². The lowest BCUT2D eigenvalue weighted by molar-refractivity contribution is 0.0240. The van der Waals surface area contributed by atoms with E-state index in [2.05, 4.69) is 35.9 Å². The molecule has 228 valence electrons. The average molecular weight is 591 g/mol. The van der Waals surface area contributed by atoms with Crippen LogP contribution >= 0.6 is 0 Å². The van der Waals surface area contributed by atoms with E-state index in [0.717, 1.165) is 22.8 Å². The highest BCUT2D eigenvalue weighted by Crippen LogP contribution is 2.32. The van der Waals surface area contributed by atoms with Crippen LogP contribution in [0.2, 0.25) is 0 Å². The number of piperazine rings is 1. The monoisotopic (exact) mass is 590 g/mol. The highest BCUT2D eigenvalue weighted by Gasteiger charge is 2.29. The molecule has 0 aromatic carbocycles. The molecule has 1 fully saturated rings. The topological polar surface area (TPSA) is 150 Å². The molecule has 5 rings (SSSR count). The van der Waals surface area contributed by atoms with Gasteiger partial charge in [-0.15, -0.1) is 0 Å². The van der Waals surface area contributed by atoms with E-state index in [-0.39, 0.29) is 12.3 Å². The van der Waals surface area contributed by atoms with Gasteiger partial charge in [-0.25, -0.2) is 25.0 Å². The number of hydrazine groups is 1. The minimum atomic E-state index is -0.512. The van der Waals surface area contributed by atoms with E-state index in [1.165, 1.54) is 6.20 Å². The van der Waals surface area contributed by atoms with Crippen molar-refractivity contribution in [2.45, 2.75) is 46.4 Å². The molecule has 3 aromatic heterocycles. The maximum atomic E-state index is 12.4. The Bertz CT molecular complexity index is 1470. The molecule has 1 amide bonds. The minimum Gasteiger partial charge on any atom is -0.462 e. The zero-order valence-electron chi connectivity index (χ0n) is 25.3. The van der Waals surface area contributed by atoms with Gasteiger partial charge in [0.2, 0.25) is 5.95 Å². The lowest BCUT2D eigenvalue weighted by Crippen LogP contribution is -2.50. The molecular weight excluding hydrogens is 552 g/mol. The number of ether oxygens (including phenoxy) is 2. The summed E-state index contributed by atoms with van der Waals surface area (Å²) in [5.41, 5.74) is 6.21. The Morgan fingerprint density at radius 1 is 1.07 bits per heavy atom. The van der Waals surface area contributed by atoms with E-state index in [1.807, 2.05) is 51.9 Å². The summed E-state index contributed by atoms with van der Waals surface area (Å²) in [6, 6.07) is 5.60. The number of carbonyl (C=O) groups excluding carboxylic acids is 2. The van der Waals surface area contributed by atoms with E-state index < -0.39 is 11.6 Å². The predicted molar refractivity (Wildman–Crippen MR) is 162 cm³/mol. The molecule has 5 heterocycles. The molecule has 3 aromatic rings. The first-order chi connectivity index (χ1) is 20.5. The number of nitrogens with one attached hydrogen (secondary N) is 3. The Morgan fingerprint density at radius 2 is 1.84 bits per heavy atom. The number of nitrogens with zero attached hydrogens (tertiary/aromatic N) is 7. The smallest absolute Gasteiger partial charge is 0.410 e. The molecule has 43 heavy (non-hydrogen) atoms. The third kappa shape index (κ3) is 7.02. The first-order valence-corrected chi connectivity index (χ1v) is 14.2. The van der Waals surface area contributed by atoms with E-state index in [1.54, 1.807) is 30.3 Å². The molecular formula is C29H38N10O4. The highest BCUT2D eigenvalue weighted by molar-refractivity contribution is 5.90. The molecule has 1 saturated heterocycles. The number of hydrogen-bond acceptors (Lipinski definition) is 13. The largest absolute Gasteiger partial charge is 0.462 e. The number of carbonyl (C=O) groups is 2. The Kier molecular flexibility index (Phi) is 8.48. The zero-order chi connectivity index (χ0) is 30.7. The number of hydrogen-bond donors (Lipinski definition) is 3. The maximum Gasteiger partial charge on any atom is 0.410 e. The number of pyridine rings is 2. The van der Waals surface area contributed by atoms with E-state index in [4.69, 9.17) is 14.5 Å². The van der Waals surface area contributed by atoms with E-state index in [9.17, 15) is 9.59 Å². The summed E-state index contributed by atoms with van der Waals surface area (Å²) in [4.78, 5) is 46.6. The minimum absolute atomic E-state index is 0.285. The van der Waals surface area contributed by atoms with Crippen molar-refractivity contribution in [1.82, 2.24) is 30.3 Å². The molecule has 0 saturated carbocycles. The van der Waals surface area contributed by atoms with Crippen LogP contribution in [-0.2, 0) is 9.47 Å². The first-order valence-electron chi connectivity index (χ1n) is 14.2. The van der Waals surface area contributed by atoms with Gasteiger partial charge in [0.15, 0.2) is 5.82 Å². The van der Waals surface area contributed by atoms with Crippen molar-refractivity contribution in [3.05, 3.63) is 53.6 Å². The fraction of sp³-hybridized carbons (Fsp3) is 0.448. The summed E-state index contributed by atoms with van der Waals surface area (Å²) < 4.78 is 10.6. The van der Waals surface area contributed by atoms with Gasteiger partial charge in [0.25, 0.3) is 0 Å². The van der Waals surface area contributed by atoms with Crippen LogP contribution in [0.5, 0.6) is 0 Å². The van der Waals surface area contributed by atoms with Crippen molar-refractivity contribution < 1.29 is 19.1 Å². The quantitative estimate of drug-likeness (QED) is 0.344. The van der Waals surface area contributed by atoms with Gasteiger partial charge in [0.05, 0.1) is 41.0 Å². The van der Waals surface area contributed by atoms with Crippen LogP contribution in [0.4, 0.5) is 33.8 Å². The van der Waals surface area contributed by atoms with Gasteiger partial charge < -0.3 is 29.9 Å². The standard InChI is InChI=1S/C29H38N10O4/c1-7-42-26(40)19-14-22(18(2)30-15-19)34-24-21-17-32-27(35-25(21)37(6)36-24)33-20-8-9-23(31-16-20)38-10-12-39(13-11-38)28(41)43-29(3,4)5/h8-9,14-17,24,34,36H,7,10-13H2,1-6H3,(H,32,33,35). The van der Waals surface area contributed by atoms with Gasteiger partial charge in [-0.2, -0.15) is 4.98 Å². The summed E-state index contributed by atoms with van der Waals surface area (Å²) in [5.74, 6) is 1.54. The maximum absolute atomic E-state index is 12.4. The van der Waals surface area contributed by atoms with Crippen molar-refractivity contribution in [2.75, 3.05) is 60.4 Å². The molecule has 14 heteroatoms. The van der Waals surface area contributed by atoms with Crippen LogP contribution in [0, 0.1) is 6.92 Å². The molecule has 0 aliphatic carbocycles. The number of anilines is 5. The van der Waals surface area contributed by atoms with Crippen LogP contribution in [0.15, 0.2) is 36.8 Å². The van der Waals surface area contributed by atoms with E-state index >= 15 is 0 Å². The molecule has 14 nitrogen and oxygen atoms in total. The van der Waals surface area contributed by atoms with Crippen LogP contribution in [0.25, 0.3) is 0 Å². The molecule has 2 aliphatic heterocycles. The molecule has 2 aliphatic rings. The number of esters is 1. The average Bonchev–Trinajstić information content (AvgIpc) is 3.28. The number of aromatic nitrogens is 4. The molecule has 0 spiro atoms. The lowest BCUT2D eigenvalue weighted by Gasteiger charge is -2.36. The SMILES string of the molecule is CCOC(=O)c1cnc(C)c(NC2NN(C)c3nc(Nc4ccc(N5CCN(C(=O)OC(C)(C)C)CC5)nc4)ncc32)c1. The number of fused-ring (bicyclic) bond motifs is 1. The number of amides is 1. The summed E-state index contributed by atoms with van der Waals surface area (Å²) in [6.07, 6.45) is 4.39. The Morgan fingerprint density at radius 3 is 2.51 bits per heavy atom. The second kappa shape index (κ2) is 12.3. The van der Waals surface area contributed by atoms with Crippen LogP contribution < -0.4 is 26.0 Å². The molecule has 1 atom stereocenters.